The van der Waals surface area contributed by atoms with Crippen molar-refractivity contribution in [3.8, 4) is 22.9 Å². The highest BCUT2D eigenvalue weighted by Gasteiger charge is 2.43. The van der Waals surface area contributed by atoms with Gasteiger partial charge in [0.05, 0.1) is 18.7 Å². The molecule has 2 aromatic rings. The van der Waals surface area contributed by atoms with Crippen LogP contribution in [0.1, 0.15) is 37.4 Å². The van der Waals surface area contributed by atoms with Gasteiger partial charge in [0.2, 0.25) is 0 Å². The fourth-order valence-electron chi connectivity index (χ4n) is 3.41. The summed E-state index contributed by atoms with van der Waals surface area (Å²) in [5.74, 6) is -1.69. The first kappa shape index (κ1) is 27.1. The molecule has 1 N–H and O–H groups in total. The molecule has 0 fully saturated rings. The predicted octanol–water partition coefficient (Wildman–Crippen LogP) is 5.13. The van der Waals surface area contributed by atoms with Crippen molar-refractivity contribution in [1.82, 2.24) is 5.32 Å². The molecule has 0 aliphatic rings. The quantitative estimate of drug-likeness (QED) is 0.287. The minimum Gasteiger partial charge on any atom is -0.468 e. The number of hydrogen-bond donors (Lipinski definition) is 1. The number of ether oxygens (including phenoxy) is 3. The average molecular weight is 482 g/mol. The summed E-state index contributed by atoms with van der Waals surface area (Å²) >= 11 is 0. The van der Waals surface area contributed by atoms with Crippen molar-refractivity contribution in [3.63, 3.8) is 0 Å². The monoisotopic (exact) mass is 482 g/mol. The SMILES string of the molecule is COCOc1ccc(C#N)cc1-c1ccc(C(NC(CC(C)C)C(=O)OC)C(F)(F)F)cc1F. The number of alkyl halides is 3. The molecule has 10 heteroatoms. The highest BCUT2D eigenvalue weighted by molar-refractivity contribution is 5.76. The summed E-state index contributed by atoms with van der Waals surface area (Å²) in [5, 5.41) is 11.5. The molecular formula is C24H26F4N2O4. The van der Waals surface area contributed by atoms with Gasteiger partial charge in [0, 0.05) is 18.2 Å². The molecule has 0 amide bonds. The zero-order valence-electron chi connectivity index (χ0n) is 19.2. The van der Waals surface area contributed by atoms with Crippen LogP contribution in [0.25, 0.3) is 11.1 Å². The molecule has 0 saturated heterocycles. The Hall–Kier alpha value is -3.16. The molecule has 0 radical (unpaired) electrons. The van der Waals surface area contributed by atoms with Gasteiger partial charge in [-0.1, -0.05) is 26.0 Å². The normalized spacial score (nSPS) is 13.3. The predicted molar refractivity (Wildman–Crippen MR) is 116 cm³/mol. The summed E-state index contributed by atoms with van der Waals surface area (Å²) in [4.78, 5) is 12.1. The lowest BCUT2D eigenvalue weighted by Crippen LogP contribution is -2.45. The van der Waals surface area contributed by atoms with Crippen LogP contribution in [-0.4, -0.2) is 39.2 Å². The zero-order chi connectivity index (χ0) is 25.5. The largest absolute Gasteiger partial charge is 0.468 e. The molecule has 2 rings (SSSR count). The maximum atomic E-state index is 15.1. The lowest BCUT2D eigenvalue weighted by molar-refractivity contribution is -0.164. The average Bonchev–Trinajstić information content (AvgIpc) is 2.78. The van der Waals surface area contributed by atoms with Crippen molar-refractivity contribution >= 4 is 5.97 Å². The van der Waals surface area contributed by atoms with E-state index in [0.29, 0.717) is 0 Å². The van der Waals surface area contributed by atoms with E-state index in [1.165, 1.54) is 31.4 Å². The molecular weight excluding hydrogens is 456 g/mol. The van der Waals surface area contributed by atoms with E-state index in [2.05, 4.69) is 10.1 Å². The van der Waals surface area contributed by atoms with Crippen LogP contribution in [0.3, 0.4) is 0 Å². The highest BCUT2D eigenvalue weighted by atomic mass is 19.4. The van der Waals surface area contributed by atoms with Gasteiger partial charge in [-0.2, -0.15) is 18.4 Å². The smallest absolute Gasteiger partial charge is 0.407 e. The number of nitriles is 1. The maximum absolute atomic E-state index is 15.1. The van der Waals surface area contributed by atoms with Crippen LogP contribution in [0.15, 0.2) is 36.4 Å². The number of methoxy groups -OCH3 is 2. The van der Waals surface area contributed by atoms with E-state index in [9.17, 15) is 23.2 Å². The highest BCUT2D eigenvalue weighted by Crippen LogP contribution is 2.38. The molecule has 2 unspecified atom stereocenters. The van der Waals surface area contributed by atoms with Gasteiger partial charge in [0.25, 0.3) is 0 Å². The van der Waals surface area contributed by atoms with Crippen LogP contribution in [-0.2, 0) is 14.3 Å². The first-order chi connectivity index (χ1) is 16.0. The second kappa shape index (κ2) is 11.8. The molecule has 6 nitrogen and oxygen atoms in total. The number of carbonyl (C=O) groups is 1. The Bertz CT molecular complexity index is 1030. The number of halogens is 4. The lowest BCUT2D eigenvalue weighted by atomic mass is 9.96. The van der Waals surface area contributed by atoms with Crippen molar-refractivity contribution in [2.24, 2.45) is 5.92 Å². The molecule has 0 aromatic heterocycles. The van der Waals surface area contributed by atoms with Gasteiger partial charge >= 0.3 is 12.1 Å². The molecule has 184 valence electrons. The Balaban J connectivity index is 2.50. The topological polar surface area (TPSA) is 80.6 Å². The molecule has 0 aliphatic carbocycles. The molecule has 34 heavy (non-hydrogen) atoms. The summed E-state index contributed by atoms with van der Waals surface area (Å²) in [6.07, 6.45) is -4.72. The zero-order valence-corrected chi connectivity index (χ0v) is 19.2. The van der Waals surface area contributed by atoms with Crippen LogP contribution in [0.5, 0.6) is 5.75 Å². The first-order valence-electron chi connectivity index (χ1n) is 10.4. The number of carbonyl (C=O) groups excluding carboxylic acids is 1. The number of rotatable bonds is 10. The van der Waals surface area contributed by atoms with Gasteiger partial charge in [-0.3, -0.25) is 10.1 Å². The van der Waals surface area contributed by atoms with E-state index in [-0.39, 0.29) is 41.6 Å². The van der Waals surface area contributed by atoms with E-state index >= 15 is 4.39 Å². The first-order valence-corrected chi connectivity index (χ1v) is 10.4. The fourth-order valence-corrected chi connectivity index (χ4v) is 3.41. The van der Waals surface area contributed by atoms with Crippen LogP contribution < -0.4 is 10.1 Å². The third-order valence-corrected chi connectivity index (χ3v) is 4.95. The minimum absolute atomic E-state index is 0.0559. The molecule has 0 saturated carbocycles. The number of nitrogens with one attached hydrogen (secondary N) is 1. The summed E-state index contributed by atoms with van der Waals surface area (Å²) in [6.45, 7) is 3.37. The van der Waals surface area contributed by atoms with Crippen molar-refractivity contribution < 1.29 is 36.6 Å². The van der Waals surface area contributed by atoms with Gasteiger partial charge < -0.3 is 14.2 Å². The Morgan fingerprint density at radius 2 is 1.82 bits per heavy atom. The second-order valence-corrected chi connectivity index (χ2v) is 7.96. The van der Waals surface area contributed by atoms with Gasteiger partial charge in [-0.15, -0.1) is 0 Å². The minimum atomic E-state index is -4.81. The lowest BCUT2D eigenvalue weighted by Gasteiger charge is -2.27. The maximum Gasteiger partial charge on any atom is 0.407 e. The van der Waals surface area contributed by atoms with E-state index in [4.69, 9.17) is 9.47 Å². The summed E-state index contributed by atoms with van der Waals surface area (Å²) in [6, 6.07) is 5.72. The summed E-state index contributed by atoms with van der Waals surface area (Å²) in [7, 11) is 2.48. The summed E-state index contributed by atoms with van der Waals surface area (Å²) in [5.41, 5.74) is -0.0709. The van der Waals surface area contributed by atoms with Crippen LogP contribution in [0.4, 0.5) is 17.6 Å². The van der Waals surface area contributed by atoms with Crippen molar-refractivity contribution in [1.29, 1.82) is 5.26 Å². The van der Waals surface area contributed by atoms with E-state index < -0.39 is 35.6 Å². The molecule has 2 atom stereocenters. The summed E-state index contributed by atoms with van der Waals surface area (Å²) < 4.78 is 71.8. The van der Waals surface area contributed by atoms with Gasteiger partial charge in [0.1, 0.15) is 23.7 Å². The number of esters is 1. The Labute approximate surface area is 195 Å². The third kappa shape index (κ3) is 6.92. The Kier molecular flexibility index (Phi) is 9.41. The van der Waals surface area contributed by atoms with Gasteiger partial charge in [-0.05, 0) is 42.2 Å². The standard InChI is InChI=1S/C24H26F4N2O4/c1-14(2)9-20(23(31)33-4)30-22(24(26,27)28)16-6-7-17(19(25)11-16)18-10-15(12-29)5-8-21(18)34-13-32-3/h5-8,10-11,14,20,22,30H,9,13H2,1-4H3. The fraction of sp³-hybridized carbons (Fsp3) is 0.417. The van der Waals surface area contributed by atoms with Crippen molar-refractivity contribution in [3.05, 3.63) is 53.3 Å². The number of hydrogen-bond acceptors (Lipinski definition) is 6. The van der Waals surface area contributed by atoms with E-state index in [0.717, 1.165) is 19.2 Å². The van der Waals surface area contributed by atoms with Crippen LogP contribution >= 0.6 is 0 Å². The van der Waals surface area contributed by atoms with E-state index in [1.54, 1.807) is 13.8 Å². The van der Waals surface area contributed by atoms with Gasteiger partial charge in [-0.25, -0.2) is 4.39 Å². The van der Waals surface area contributed by atoms with Crippen LogP contribution in [0.2, 0.25) is 0 Å². The number of benzene rings is 2. The molecule has 2 aromatic carbocycles. The second-order valence-electron chi connectivity index (χ2n) is 7.96. The molecule has 0 spiro atoms. The van der Waals surface area contributed by atoms with Crippen molar-refractivity contribution in [2.75, 3.05) is 21.0 Å². The van der Waals surface area contributed by atoms with Crippen LogP contribution in [0, 0.1) is 23.1 Å². The van der Waals surface area contributed by atoms with Crippen molar-refractivity contribution in [2.45, 2.75) is 38.5 Å². The third-order valence-electron chi connectivity index (χ3n) is 4.95. The molecule has 0 aliphatic heterocycles. The number of nitrogens with zero attached hydrogens (tertiary/aromatic N) is 1. The van der Waals surface area contributed by atoms with E-state index in [1.807, 2.05) is 6.07 Å². The van der Waals surface area contributed by atoms with Gasteiger partial charge in [0.15, 0.2) is 6.79 Å². The molecule has 0 bridgehead atoms. The molecule has 0 heterocycles. The Morgan fingerprint density at radius 1 is 1.12 bits per heavy atom. The Morgan fingerprint density at radius 3 is 2.35 bits per heavy atom.